The number of benzene rings is 1. The molecule has 0 saturated heterocycles. The van der Waals surface area contributed by atoms with Crippen LogP contribution in [0, 0.1) is 0 Å². The number of hydrogen-bond acceptors (Lipinski definition) is 5. The van der Waals surface area contributed by atoms with E-state index in [1.807, 2.05) is 0 Å². The summed E-state index contributed by atoms with van der Waals surface area (Å²) in [7, 11) is -4.04. The zero-order valence-electron chi connectivity index (χ0n) is 10.8. The summed E-state index contributed by atoms with van der Waals surface area (Å²) in [5, 5.41) is 0.241. The van der Waals surface area contributed by atoms with E-state index < -0.39 is 26.5 Å². The number of fused-ring (bicyclic) bond motifs is 1. The highest BCUT2D eigenvalue weighted by atomic mass is 35.5. The number of carbonyl (C=O) groups is 2. The maximum atomic E-state index is 12.4. The molecule has 0 spiro atoms. The number of Topliss-reactive ketones (excluding diaryl/α,β-unsaturated/α-hetero) is 1. The van der Waals surface area contributed by atoms with Crippen LogP contribution in [0.5, 0.6) is 0 Å². The number of allylic oxidation sites excluding steroid dienone is 1. The summed E-state index contributed by atoms with van der Waals surface area (Å²) in [5.41, 5.74) is 0.608. The number of rotatable bonds is 3. The van der Waals surface area contributed by atoms with E-state index in [1.165, 1.54) is 32.0 Å². The molecule has 0 amide bonds. The van der Waals surface area contributed by atoms with Crippen LogP contribution in [0.1, 0.15) is 19.4 Å². The van der Waals surface area contributed by atoms with E-state index >= 15 is 0 Å². The van der Waals surface area contributed by atoms with Gasteiger partial charge in [-0.25, -0.2) is 13.2 Å². The topological polar surface area (TPSA) is 77.5 Å². The minimum absolute atomic E-state index is 0.00424. The van der Waals surface area contributed by atoms with Gasteiger partial charge in [-0.3, -0.25) is 4.79 Å². The fourth-order valence-corrected chi connectivity index (χ4v) is 4.13. The lowest BCUT2D eigenvalue weighted by Crippen LogP contribution is -2.23. The van der Waals surface area contributed by atoms with E-state index in [4.69, 9.17) is 11.6 Å². The average molecular weight is 315 g/mol. The van der Waals surface area contributed by atoms with Crippen LogP contribution in [0.3, 0.4) is 0 Å². The summed E-state index contributed by atoms with van der Waals surface area (Å²) in [5.74, 6) is -2.33. The van der Waals surface area contributed by atoms with Gasteiger partial charge in [-0.15, -0.1) is 0 Å². The van der Waals surface area contributed by atoms with E-state index in [9.17, 15) is 18.0 Å². The molecule has 7 heteroatoms. The molecule has 0 unspecified atom stereocenters. The highest BCUT2D eigenvalue weighted by Gasteiger charge is 2.41. The molecule has 0 atom stereocenters. The van der Waals surface area contributed by atoms with Crippen LogP contribution in [0.2, 0.25) is 5.02 Å². The average Bonchev–Trinajstić information content (AvgIpc) is 2.56. The molecule has 0 saturated carbocycles. The summed E-state index contributed by atoms with van der Waals surface area (Å²) < 4.78 is 29.3. The van der Waals surface area contributed by atoms with Gasteiger partial charge in [-0.05, 0) is 37.1 Å². The fourth-order valence-electron chi connectivity index (χ4n) is 2.04. The molecule has 0 N–H and O–H groups in total. The number of hydrogen-bond donors (Lipinski definition) is 0. The Morgan fingerprint density at radius 1 is 1.30 bits per heavy atom. The largest absolute Gasteiger partial charge is 0.460 e. The lowest BCUT2D eigenvalue weighted by Gasteiger charge is -2.03. The van der Waals surface area contributed by atoms with Crippen molar-refractivity contribution >= 4 is 38.8 Å². The molecule has 5 nitrogen and oxygen atoms in total. The van der Waals surface area contributed by atoms with E-state index in [1.54, 1.807) is 0 Å². The van der Waals surface area contributed by atoms with Gasteiger partial charge in [0, 0.05) is 5.02 Å². The number of halogens is 1. The number of esters is 1. The van der Waals surface area contributed by atoms with E-state index in [-0.39, 0.29) is 22.1 Å². The van der Waals surface area contributed by atoms with Gasteiger partial charge in [0.2, 0.25) is 9.84 Å². The molecule has 0 bridgehead atoms. The van der Waals surface area contributed by atoms with E-state index in [2.05, 4.69) is 4.74 Å². The first-order valence-corrected chi connectivity index (χ1v) is 7.64. The Bertz CT molecular complexity index is 746. The SMILES string of the molecule is CCOC(=O)C(=O)C1=C(C)c2ccc(Cl)cc2S1(=O)=O. The van der Waals surface area contributed by atoms with Crippen LogP contribution >= 0.6 is 11.6 Å². The molecule has 2 rings (SSSR count). The summed E-state index contributed by atoms with van der Waals surface area (Å²) >= 11 is 5.78. The molecule has 0 fully saturated rings. The van der Waals surface area contributed by atoms with Gasteiger partial charge < -0.3 is 4.74 Å². The molecule has 0 radical (unpaired) electrons. The zero-order chi connectivity index (χ0) is 15.1. The number of ether oxygens (including phenoxy) is 1. The van der Waals surface area contributed by atoms with Gasteiger partial charge in [-0.2, -0.15) is 0 Å². The molecular formula is C13H11ClO5S. The van der Waals surface area contributed by atoms with Gasteiger partial charge in [-0.1, -0.05) is 17.7 Å². The lowest BCUT2D eigenvalue weighted by molar-refractivity contribution is -0.151. The van der Waals surface area contributed by atoms with Gasteiger partial charge >= 0.3 is 5.97 Å². The number of ketones is 1. The van der Waals surface area contributed by atoms with Crippen LogP contribution in [0.15, 0.2) is 28.0 Å². The molecule has 1 aromatic rings. The van der Waals surface area contributed by atoms with Crippen molar-refractivity contribution in [2.45, 2.75) is 18.7 Å². The van der Waals surface area contributed by atoms with Crippen LogP contribution in [0.4, 0.5) is 0 Å². The number of carbonyl (C=O) groups excluding carboxylic acids is 2. The maximum Gasteiger partial charge on any atom is 0.380 e. The van der Waals surface area contributed by atoms with Crippen molar-refractivity contribution in [1.29, 1.82) is 0 Å². The standard InChI is InChI=1S/C13H11ClO5S/c1-3-19-13(16)11(15)12-7(2)9-5-4-8(14)6-10(9)20(12,17)18/h4-6H,3H2,1-2H3. The molecule has 1 heterocycles. The van der Waals surface area contributed by atoms with Gasteiger partial charge in [0.05, 0.1) is 11.5 Å². The molecule has 1 aromatic carbocycles. The second kappa shape index (κ2) is 5.03. The molecule has 1 aliphatic heterocycles. The summed E-state index contributed by atoms with van der Waals surface area (Å²) in [4.78, 5) is 22.9. The minimum atomic E-state index is -4.04. The summed E-state index contributed by atoms with van der Waals surface area (Å²) in [6.07, 6.45) is 0. The van der Waals surface area contributed by atoms with E-state index in [0.29, 0.717) is 5.56 Å². The van der Waals surface area contributed by atoms with Crippen LogP contribution in [-0.2, 0) is 24.2 Å². The van der Waals surface area contributed by atoms with Gasteiger partial charge in [0.25, 0.3) is 5.78 Å². The van der Waals surface area contributed by atoms with Gasteiger partial charge in [0.15, 0.2) is 0 Å². The smallest absolute Gasteiger partial charge is 0.380 e. The van der Waals surface area contributed by atoms with Crippen LogP contribution < -0.4 is 0 Å². The highest BCUT2D eigenvalue weighted by Crippen LogP contribution is 2.40. The Labute approximate surface area is 121 Å². The number of sulfone groups is 1. The maximum absolute atomic E-state index is 12.4. The third kappa shape index (κ3) is 2.14. The predicted molar refractivity (Wildman–Crippen MR) is 72.9 cm³/mol. The van der Waals surface area contributed by atoms with Crippen molar-refractivity contribution < 1.29 is 22.7 Å². The summed E-state index contributed by atoms with van der Waals surface area (Å²) in [6, 6.07) is 4.30. The first kappa shape index (κ1) is 14.7. The Balaban J connectivity index is 2.60. The predicted octanol–water partition coefficient (Wildman–Crippen LogP) is 1.99. The Kier molecular flexibility index (Phi) is 3.71. The molecule has 20 heavy (non-hydrogen) atoms. The van der Waals surface area contributed by atoms with Crippen molar-refractivity contribution in [2.24, 2.45) is 0 Å². The quantitative estimate of drug-likeness (QED) is 0.630. The van der Waals surface area contributed by atoms with Crippen molar-refractivity contribution in [1.82, 2.24) is 0 Å². The minimum Gasteiger partial charge on any atom is -0.460 e. The first-order chi connectivity index (χ1) is 9.30. The lowest BCUT2D eigenvalue weighted by atomic mass is 10.1. The third-order valence-corrected chi connectivity index (χ3v) is 5.09. The van der Waals surface area contributed by atoms with E-state index in [0.717, 1.165) is 0 Å². The van der Waals surface area contributed by atoms with Crippen molar-refractivity contribution in [3.8, 4) is 0 Å². The summed E-state index contributed by atoms with van der Waals surface area (Å²) in [6.45, 7) is 3.00. The van der Waals surface area contributed by atoms with Crippen LogP contribution in [-0.4, -0.2) is 26.8 Å². The highest BCUT2D eigenvalue weighted by molar-refractivity contribution is 7.97. The second-order valence-electron chi connectivity index (χ2n) is 4.15. The monoisotopic (exact) mass is 314 g/mol. The van der Waals surface area contributed by atoms with Crippen molar-refractivity contribution in [3.05, 3.63) is 33.7 Å². The zero-order valence-corrected chi connectivity index (χ0v) is 12.3. The van der Waals surface area contributed by atoms with Crippen LogP contribution in [0.25, 0.3) is 5.57 Å². The second-order valence-corrected chi connectivity index (χ2v) is 6.44. The Hall–Kier alpha value is -1.66. The fraction of sp³-hybridized carbons (Fsp3) is 0.231. The molecule has 1 aliphatic rings. The molecule has 106 valence electrons. The molecular weight excluding hydrogens is 304 g/mol. The Morgan fingerprint density at radius 3 is 2.55 bits per heavy atom. The van der Waals surface area contributed by atoms with Crippen molar-refractivity contribution in [2.75, 3.05) is 6.61 Å². The molecule has 0 aliphatic carbocycles. The van der Waals surface area contributed by atoms with Gasteiger partial charge in [0.1, 0.15) is 4.91 Å². The normalized spacial score (nSPS) is 15.9. The molecule has 0 aromatic heterocycles. The third-order valence-electron chi connectivity index (χ3n) is 2.91. The Morgan fingerprint density at radius 2 is 1.95 bits per heavy atom. The van der Waals surface area contributed by atoms with Crippen molar-refractivity contribution in [3.63, 3.8) is 0 Å². The first-order valence-electron chi connectivity index (χ1n) is 5.78.